The van der Waals surface area contributed by atoms with Gasteiger partial charge in [0.25, 0.3) is 5.91 Å². The zero-order valence-corrected chi connectivity index (χ0v) is 22.4. The molecule has 0 atom stereocenters. The van der Waals surface area contributed by atoms with E-state index in [1.54, 1.807) is 18.2 Å². The Hall–Kier alpha value is -3.99. The van der Waals surface area contributed by atoms with E-state index in [9.17, 15) is 9.59 Å². The lowest BCUT2D eigenvalue weighted by atomic mass is 10.0. The van der Waals surface area contributed by atoms with E-state index in [1.165, 1.54) is 13.3 Å². The first kappa shape index (κ1) is 26.1. The van der Waals surface area contributed by atoms with Gasteiger partial charge in [-0.05, 0) is 59.3 Å². The third-order valence-corrected chi connectivity index (χ3v) is 6.11. The van der Waals surface area contributed by atoms with Crippen LogP contribution in [-0.2, 0) is 9.53 Å². The predicted octanol–water partition coefficient (Wildman–Crippen LogP) is 5.22. The normalized spacial score (nSPS) is 10.9. The number of rotatable bonds is 9. The molecule has 0 radical (unpaired) electrons. The number of aromatic nitrogens is 1. The number of esters is 1. The minimum atomic E-state index is -0.495. The second kappa shape index (κ2) is 12.3. The van der Waals surface area contributed by atoms with Crippen molar-refractivity contribution in [3.8, 4) is 22.8 Å². The maximum absolute atomic E-state index is 13.2. The largest absolute Gasteiger partial charge is 0.490 e. The summed E-state index contributed by atoms with van der Waals surface area (Å²) in [6, 6.07) is 22.5. The predicted molar refractivity (Wildman–Crippen MR) is 150 cm³/mol. The van der Waals surface area contributed by atoms with Crippen LogP contribution >= 0.6 is 22.6 Å². The van der Waals surface area contributed by atoms with E-state index in [0.717, 1.165) is 16.5 Å². The van der Waals surface area contributed by atoms with Gasteiger partial charge in [0.1, 0.15) is 0 Å². The molecule has 0 saturated heterocycles. The van der Waals surface area contributed by atoms with Crippen LogP contribution in [-0.4, -0.2) is 43.4 Å². The summed E-state index contributed by atoms with van der Waals surface area (Å²) in [6.07, 6.45) is 1.52. The summed E-state index contributed by atoms with van der Waals surface area (Å²) in [5, 5.41) is 4.90. The summed E-state index contributed by atoms with van der Waals surface area (Å²) in [5.74, 6) is 0.0416. The number of amides is 1. The molecule has 4 rings (SSSR count). The number of hydrogen-bond acceptors (Lipinski definition) is 7. The van der Waals surface area contributed by atoms with Crippen LogP contribution in [0.5, 0.6) is 11.5 Å². The molecule has 0 bridgehead atoms. The van der Waals surface area contributed by atoms with Crippen molar-refractivity contribution in [2.24, 2.45) is 5.10 Å². The third kappa shape index (κ3) is 6.42. The van der Waals surface area contributed by atoms with Crippen molar-refractivity contribution >= 4 is 51.6 Å². The lowest BCUT2D eigenvalue weighted by Gasteiger charge is -2.14. The quantitative estimate of drug-likeness (QED) is 0.121. The van der Waals surface area contributed by atoms with E-state index in [0.29, 0.717) is 38.5 Å². The molecule has 0 aliphatic carbocycles. The van der Waals surface area contributed by atoms with Crippen LogP contribution in [0.4, 0.5) is 0 Å². The molecule has 0 spiro atoms. The molecule has 0 saturated carbocycles. The van der Waals surface area contributed by atoms with Crippen molar-refractivity contribution in [3.63, 3.8) is 0 Å². The first-order valence-electron chi connectivity index (χ1n) is 11.4. The highest BCUT2D eigenvalue weighted by molar-refractivity contribution is 14.1. The fourth-order valence-electron chi connectivity index (χ4n) is 3.60. The SMILES string of the molecule is CCOc1cc(/C=N/NC(=O)c2cc(-c3ccccc3)nc3ccccc23)cc(I)c1OCC(=O)OC. The molecule has 1 N–H and O–H groups in total. The molecule has 8 nitrogen and oxygen atoms in total. The third-order valence-electron chi connectivity index (χ3n) is 5.30. The van der Waals surface area contributed by atoms with E-state index in [2.05, 4.69) is 37.9 Å². The van der Waals surface area contributed by atoms with E-state index in [1.807, 2.05) is 61.5 Å². The smallest absolute Gasteiger partial charge is 0.343 e. The highest BCUT2D eigenvalue weighted by Gasteiger charge is 2.15. The van der Waals surface area contributed by atoms with Crippen molar-refractivity contribution in [3.05, 3.63) is 87.5 Å². The van der Waals surface area contributed by atoms with Crippen molar-refractivity contribution < 1.29 is 23.8 Å². The van der Waals surface area contributed by atoms with Gasteiger partial charge >= 0.3 is 5.97 Å². The number of carbonyl (C=O) groups is 2. The molecule has 37 heavy (non-hydrogen) atoms. The Bertz CT molecular complexity index is 1460. The number of nitrogens with zero attached hydrogens (tertiary/aromatic N) is 2. The van der Waals surface area contributed by atoms with E-state index in [4.69, 9.17) is 14.5 Å². The first-order chi connectivity index (χ1) is 18.0. The van der Waals surface area contributed by atoms with Gasteiger partial charge in [-0.15, -0.1) is 0 Å². The Kier molecular flexibility index (Phi) is 8.68. The van der Waals surface area contributed by atoms with Gasteiger partial charge in [0.2, 0.25) is 0 Å². The monoisotopic (exact) mass is 609 g/mol. The molecular formula is C28H24IN3O5. The maximum Gasteiger partial charge on any atom is 0.343 e. The lowest BCUT2D eigenvalue weighted by molar-refractivity contribution is -0.142. The fourth-order valence-corrected chi connectivity index (χ4v) is 4.38. The summed E-state index contributed by atoms with van der Waals surface area (Å²) < 4.78 is 16.6. The number of para-hydroxylation sites is 1. The van der Waals surface area contributed by atoms with Gasteiger partial charge in [-0.2, -0.15) is 5.10 Å². The average Bonchev–Trinajstić information content (AvgIpc) is 2.92. The van der Waals surface area contributed by atoms with Gasteiger partial charge in [-0.1, -0.05) is 48.5 Å². The molecule has 3 aromatic carbocycles. The van der Waals surface area contributed by atoms with Crippen LogP contribution in [0.2, 0.25) is 0 Å². The summed E-state index contributed by atoms with van der Waals surface area (Å²) in [4.78, 5) is 29.4. The molecule has 1 heterocycles. The van der Waals surface area contributed by atoms with E-state index >= 15 is 0 Å². The number of carbonyl (C=O) groups excluding carboxylic acids is 2. The number of methoxy groups -OCH3 is 1. The van der Waals surface area contributed by atoms with Crippen molar-refractivity contribution in [2.75, 3.05) is 20.3 Å². The number of fused-ring (bicyclic) bond motifs is 1. The molecular weight excluding hydrogens is 585 g/mol. The average molecular weight is 609 g/mol. The topological polar surface area (TPSA) is 99.1 Å². The van der Waals surface area contributed by atoms with Crippen LogP contribution in [0.1, 0.15) is 22.8 Å². The number of hydrazone groups is 1. The molecule has 0 aliphatic heterocycles. The maximum atomic E-state index is 13.2. The Balaban J connectivity index is 1.58. The first-order valence-corrected chi connectivity index (χ1v) is 12.5. The molecule has 188 valence electrons. The van der Waals surface area contributed by atoms with Crippen molar-refractivity contribution in [2.45, 2.75) is 6.92 Å². The zero-order valence-electron chi connectivity index (χ0n) is 20.2. The second-order valence-corrected chi connectivity index (χ2v) is 8.93. The van der Waals surface area contributed by atoms with E-state index in [-0.39, 0.29) is 12.5 Å². The van der Waals surface area contributed by atoms with Gasteiger partial charge in [0, 0.05) is 10.9 Å². The van der Waals surface area contributed by atoms with Gasteiger partial charge in [-0.25, -0.2) is 15.2 Å². The Morgan fingerprint density at radius 3 is 2.54 bits per heavy atom. The number of ether oxygens (including phenoxy) is 3. The fraction of sp³-hybridized carbons (Fsp3) is 0.143. The molecule has 1 aromatic heterocycles. The highest BCUT2D eigenvalue weighted by Crippen LogP contribution is 2.34. The molecule has 0 aliphatic rings. The molecule has 9 heteroatoms. The number of halogens is 1. The van der Waals surface area contributed by atoms with E-state index < -0.39 is 5.97 Å². The van der Waals surface area contributed by atoms with Gasteiger partial charge in [0.15, 0.2) is 18.1 Å². The molecule has 1 amide bonds. The van der Waals surface area contributed by atoms with Crippen LogP contribution in [0.3, 0.4) is 0 Å². The summed E-state index contributed by atoms with van der Waals surface area (Å²) in [7, 11) is 1.30. The van der Waals surface area contributed by atoms with Gasteiger partial charge in [0.05, 0.1) is 40.3 Å². The van der Waals surface area contributed by atoms with Crippen molar-refractivity contribution in [1.29, 1.82) is 0 Å². The Morgan fingerprint density at radius 2 is 1.78 bits per heavy atom. The minimum Gasteiger partial charge on any atom is -0.490 e. The molecule has 0 fully saturated rings. The standard InChI is InChI=1S/C28H24IN3O5/c1-3-36-25-14-18(13-22(29)27(25)37-17-26(33)35-2)16-30-32-28(34)21-15-24(19-9-5-4-6-10-19)31-23-12-8-7-11-20(21)23/h4-16H,3,17H2,1-2H3,(H,32,34)/b30-16+. The highest BCUT2D eigenvalue weighted by atomic mass is 127. The minimum absolute atomic E-state index is 0.235. The second-order valence-electron chi connectivity index (χ2n) is 7.77. The van der Waals surface area contributed by atoms with Crippen LogP contribution < -0.4 is 14.9 Å². The van der Waals surface area contributed by atoms with Crippen LogP contribution in [0, 0.1) is 3.57 Å². The number of hydrogen-bond donors (Lipinski definition) is 1. The van der Waals surface area contributed by atoms with Gasteiger partial charge < -0.3 is 14.2 Å². The van der Waals surface area contributed by atoms with Gasteiger partial charge in [-0.3, -0.25) is 4.79 Å². The zero-order chi connectivity index (χ0) is 26.2. The number of nitrogens with one attached hydrogen (secondary N) is 1. The Morgan fingerprint density at radius 1 is 1.03 bits per heavy atom. The molecule has 4 aromatic rings. The lowest BCUT2D eigenvalue weighted by Crippen LogP contribution is -2.18. The van der Waals surface area contributed by atoms with Crippen molar-refractivity contribution in [1.82, 2.24) is 10.4 Å². The summed E-state index contributed by atoms with van der Waals surface area (Å²) in [5.41, 5.74) is 6.11. The van der Waals surface area contributed by atoms with Crippen LogP contribution in [0.15, 0.2) is 77.9 Å². The number of pyridine rings is 1. The summed E-state index contributed by atoms with van der Waals surface area (Å²) in [6.45, 7) is 2.02. The Labute approximate surface area is 227 Å². The summed E-state index contributed by atoms with van der Waals surface area (Å²) >= 11 is 2.09. The number of benzene rings is 3. The van der Waals surface area contributed by atoms with Crippen LogP contribution in [0.25, 0.3) is 22.2 Å². The molecule has 0 unspecified atom stereocenters.